The van der Waals surface area contributed by atoms with Gasteiger partial charge in [0.1, 0.15) is 11.5 Å². The Bertz CT molecular complexity index is 973. The molecule has 0 aromatic heterocycles. The minimum absolute atomic E-state index is 0.131. The van der Waals surface area contributed by atoms with Crippen LogP contribution in [0.2, 0.25) is 0 Å². The summed E-state index contributed by atoms with van der Waals surface area (Å²) in [5.41, 5.74) is 1.64. The van der Waals surface area contributed by atoms with Crippen molar-refractivity contribution in [3.05, 3.63) is 53.6 Å². The predicted molar refractivity (Wildman–Crippen MR) is 109 cm³/mol. The summed E-state index contributed by atoms with van der Waals surface area (Å²) in [6.45, 7) is 2.25. The highest BCUT2D eigenvalue weighted by Crippen LogP contribution is 2.41. The van der Waals surface area contributed by atoms with E-state index >= 15 is 0 Å². The first kappa shape index (κ1) is 21.1. The first-order valence-corrected chi connectivity index (χ1v) is 10.9. The summed E-state index contributed by atoms with van der Waals surface area (Å²) in [5, 5.41) is 2.70. The Morgan fingerprint density at radius 2 is 1.86 bits per heavy atom. The van der Waals surface area contributed by atoms with Crippen LogP contribution < -0.4 is 14.8 Å². The molecule has 1 saturated heterocycles. The van der Waals surface area contributed by atoms with Gasteiger partial charge >= 0.3 is 0 Å². The predicted octanol–water partition coefficient (Wildman–Crippen LogP) is 2.87. The topological polar surface area (TPSA) is 84.9 Å². The lowest BCUT2D eigenvalue weighted by atomic mass is 10.0. The van der Waals surface area contributed by atoms with Crippen molar-refractivity contribution in [1.82, 2.24) is 9.62 Å². The van der Waals surface area contributed by atoms with Gasteiger partial charge < -0.3 is 14.8 Å². The molecule has 1 heterocycles. The molecule has 0 aliphatic carbocycles. The lowest BCUT2D eigenvalue weighted by molar-refractivity contribution is -0.119. The third-order valence-corrected chi connectivity index (χ3v) is 6.99. The Morgan fingerprint density at radius 1 is 1.14 bits per heavy atom. The molecule has 1 N–H and O–H groups in total. The molecule has 1 fully saturated rings. The van der Waals surface area contributed by atoms with Gasteiger partial charge in [-0.3, -0.25) is 4.79 Å². The molecule has 8 heteroatoms. The highest BCUT2D eigenvalue weighted by atomic mass is 32.2. The lowest BCUT2D eigenvalue weighted by Gasteiger charge is -2.26. The Balaban J connectivity index is 1.89. The number of benzene rings is 2. The molecule has 0 saturated carbocycles. The number of nitrogens with one attached hydrogen (secondary N) is 1. The van der Waals surface area contributed by atoms with Gasteiger partial charge in [-0.2, -0.15) is 4.31 Å². The Labute approximate surface area is 171 Å². The highest BCUT2D eigenvalue weighted by molar-refractivity contribution is 7.89. The average molecular weight is 419 g/mol. The number of rotatable bonds is 7. The van der Waals surface area contributed by atoms with Gasteiger partial charge in [-0.1, -0.05) is 12.1 Å². The average Bonchev–Trinajstić information content (AvgIpc) is 3.22. The fourth-order valence-electron chi connectivity index (χ4n) is 3.58. The molecule has 1 aliphatic rings. The molecule has 0 radical (unpaired) electrons. The van der Waals surface area contributed by atoms with Crippen LogP contribution in [0.4, 0.5) is 0 Å². The maximum absolute atomic E-state index is 13.3. The number of carbonyl (C=O) groups is 1. The molecule has 1 atom stereocenters. The molecule has 0 unspecified atom stereocenters. The zero-order chi connectivity index (χ0) is 21.0. The molecule has 2 aromatic rings. The zero-order valence-electron chi connectivity index (χ0n) is 16.8. The molecule has 7 nitrogen and oxygen atoms in total. The maximum Gasteiger partial charge on any atom is 0.243 e. The minimum atomic E-state index is -3.68. The van der Waals surface area contributed by atoms with Crippen LogP contribution >= 0.6 is 0 Å². The summed E-state index contributed by atoms with van der Waals surface area (Å²) in [4.78, 5) is 11.3. The quantitative estimate of drug-likeness (QED) is 0.747. The molecular weight excluding hydrogens is 392 g/mol. The molecule has 156 valence electrons. The Kier molecular flexibility index (Phi) is 6.44. The number of carbonyl (C=O) groups excluding carboxylic acids is 1. The zero-order valence-corrected chi connectivity index (χ0v) is 17.7. The number of ether oxygens (including phenoxy) is 2. The monoisotopic (exact) mass is 418 g/mol. The van der Waals surface area contributed by atoms with E-state index in [9.17, 15) is 13.2 Å². The van der Waals surface area contributed by atoms with Crippen LogP contribution in [-0.2, 0) is 21.4 Å². The van der Waals surface area contributed by atoms with E-state index in [4.69, 9.17) is 9.47 Å². The standard InChI is InChI=1S/C21H26N2O5S/c1-15(24)22-14-16-6-9-18(10-7-16)29(25,26)23-12-4-5-20(23)19-13-17(27-2)8-11-21(19)28-3/h6-11,13,20H,4-5,12,14H2,1-3H3,(H,22,24)/t20-/m1/s1. The van der Waals surface area contributed by atoms with Crippen molar-refractivity contribution in [3.63, 3.8) is 0 Å². The summed E-state index contributed by atoms with van der Waals surface area (Å²) >= 11 is 0. The van der Waals surface area contributed by atoms with Crippen LogP contribution in [-0.4, -0.2) is 39.4 Å². The molecule has 0 bridgehead atoms. The molecule has 2 aromatic carbocycles. The van der Waals surface area contributed by atoms with Gasteiger partial charge in [0.2, 0.25) is 15.9 Å². The Morgan fingerprint density at radius 3 is 2.48 bits per heavy atom. The van der Waals surface area contributed by atoms with Crippen LogP contribution in [0.5, 0.6) is 11.5 Å². The van der Waals surface area contributed by atoms with Crippen LogP contribution in [0, 0.1) is 0 Å². The maximum atomic E-state index is 13.3. The number of nitrogens with zero attached hydrogens (tertiary/aromatic N) is 1. The van der Waals surface area contributed by atoms with E-state index in [1.54, 1.807) is 50.6 Å². The van der Waals surface area contributed by atoms with Crippen molar-refractivity contribution >= 4 is 15.9 Å². The van der Waals surface area contributed by atoms with Gasteiger partial charge in [0, 0.05) is 25.6 Å². The second-order valence-corrected chi connectivity index (χ2v) is 8.83. The number of hydrogen-bond acceptors (Lipinski definition) is 5. The first-order chi connectivity index (χ1) is 13.9. The number of hydrogen-bond donors (Lipinski definition) is 1. The van der Waals surface area contributed by atoms with Crippen molar-refractivity contribution in [2.24, 2.45) is 0 Å². The van der Waals surface area contributed by atoms with E-state index in [1.807, 2.05) is 6.07 Å². The summed E-state index contributed by atoms with van der Waals surface area (Å²) in [6.07, 6.45) is 1.48. The number of sulfonamides is 1. The van der Waals surface area contributed by atoms with Gasteiger partial charge in [0.05, 0.1) is 25.2 Å². The lowest BCUT2D eigenvalue weighted by Crippen LogP contribution is -2.31. The molecular formula is C21H26N2O5S. The third kappa shape index (κ3) is 4.54. The van der Waals surface area contributed by atoms with Crippen LogP contribution in [0.3, 0.4) is 0 Å². The van der Waals surface area contributed by atoms with E-state index in [0.29, 0.717) is 31.0 Å². The number of methoxy groups -OCH3 is 2. The van der Waals surface area contributed by atoms with E-state index in [-0.39, 0.29) is 16.8 Å². The normalized spacial score (nSPS) is 17.1. The SMILES string of the molecule is COc1ccc(OC)c([C@H]2CCCN2S(=O)(=O)c2ccc(CNC(C)=O)cc2)c1. The van der Waals surface area contributed by atoms with Crippen LogP contribution in [0.1, 0.15) is 36.9 Å². The molecule has 29 heavy (non-hydrogen) atoms. The minimum Gasteiger partial charge on any atom is -0.497 e. The summed E-state index contributed by atoms with van der Waals surface area (Å²) in [5.74, 6) is 1.17. The molecule has 3 rings (SSSR count). The van der Waals surface area contributed by atoms with Crippen LogP contribution in [0.25, 0.3) is 0 Å². The van der Waals surface area contributed by atoms with Crippen molar-refractivity contribution < 1.29 is 22.7 Å². The smallest absolute Gasteiger partial charge is 0.243 e. The van der Waals surface area contributed by atoms with Gasteiger partial charge in [-0.05, 0) is 48.7 Å². The van der Waals surface area contributed by atoms with Gasteiger partial charge in [0.25, 0.3) is 0 Å². The van der Waals surface area contributed by atoms with Crippen molar-refractivity contribution in [2.45, 2.75) is 37.2 Å². The van der Waals surface area contributed by atoms with Crippen molar-refractivity contribution in [2.75, 3.05) is 20.8 Å². The van der Waals surface area contributed by atoms with Gasteiger partial charge in [-0.15, -0.1) is 0 Å². The van der Waals surface area contributed by atoms with Gasteiger partial charge in [-0.25, -0.2) is 8.42 Å². The fourth-order valence-corrected chi connectivity index (χ4v) is 5.25. The summed E-state index contributed by atoms with van der Waals surface area (Å²) in [7, 11) is -0.522. The van der Waals surface area contributed by atoms with E-state index in [0.717, 1.165) is 17.5 Å². The van der Waals surface area contributed by atoms with Crippen molar-refractivity contribution in [3.8, 4) is 11.5 Å². The second kappa shape index (κ2) is 8.84. The van der Waals surface area contributed by atoms with E-state index in [2.05, 4.69) is 5.32 Å². The first-order valence-electron chi connectivity index (χ1n) is 9.44. The molecule has 1 amide bonds. The summed E-state index contributed by atoms with van der Waals surface area (Å²) in [6, 6.07) is 11.7. The fraction of sp³-hybridized carbons (Fsp3) is 0.381. The van der Waals surface area contributed by atoms with E-state index in [1.165, 1.54) is 11.2 Å². The molecule has 0 spiro atoms. The largest absolute Gasteiger partial charge is 0.497 e. The number of amides is 1. The Hall–Kier alpha value is -2.58. The summed E-state index contributed by atoms with van der Waals surface area (Å²) < 4.78 is 39.0. The van der Waals surface area contributed by atoms with E-state index < -0.39 is 10.0 Å². The third-order valence-electron chi connectivity index (χ3n) is 5.07. The second-order valence-electron chi connectivity index (χ2n) is 6.94. The van der Waals surface area contributed by atoms with Crippen molar-refractivity contribution in [1.29, 1.82) is 0 Å². The van der Waals surface area contributed by atoms with Crippen LogP contribution in [0.15, 0.2) is 47.4 Å². The highest BCUT2D eigenvalue weighted by Gasteiger charge is 2.37. The molecule has 1 aliphatic heterocycles. The van der Waals surface area contributed by atoms with Gasteiger partial charge in [0.15, 0.2) is 0 Å².